The standard InChI is InChI=1S/C13H10FN3O/c1-16-9-5-10(8-17-7-9)18-13-4-2-3-12(14)11(13)6-15/h2-5,7-8,16H,1H3. The Morgan fingerprint density at radius 2 is 2.22 bits per heavy atom. The number of halogens is 1. The normalized spacial score (nSPS) is 9.61. The second kappa shape index (κ2) is 5.15. The molecule has 0 spiro atoms. The van der Waals surface area contributed by atoms with Crippen molar-refractivity contribution in [2.75, 3.05) is 12.4 Å². The molecule has 5 heteroatoms. The molecule has 0 unspecified atom stereocenters. The minimum Gasteiger partial charge on any atom is -0.454 e. The van der Waals surface area contributed by atoms with Gasteiger partial charge in [0, 0.05) is 13.1 Å². The van der Waals surface area contributed by atoms with Crippen LogP contribution in [0.3, 0.4) is 0 Å². The second-order valence-electron chi connectivity index (χ2n) is 3.49. The lowest BCUT2D eigenvalue weighted by Crippen LogP contribution is -1.94. The molecule has 0 saturated heterocycles. The van der Waals surface area contributed by atoms with E-state index in [9.17, 15) is 4.39 Å². The lowest BCUT2D eigenvalue weighted by atomic mass is 10.2. The van der Waals surface area contributed by atoms with Crippen molar-refractivity contribution in [2.45, 2.75) is 0 Å². The lowest BCUT2D eigenvalue weighted by molar-refractivity contribution is 0.472. The van der Waals surface area contributed by atoms with E-state index in [4.69, 9.17) is 10.00 Å². The molecule has 0 aliphatic carbocycles. The largest absolute Gasteiger partial charge is 0.454 e. The zero-order valence-electron chi connectivity index (χ0n) is 9.64. The van der Waals surface area contributed by atoms with E-state index in [1.165, 1.54) is 24.4 Å². The molecule has 0 amide bonds. The number of nitrogens with zero attached hydrogens (tertiary/aromatic N) is 2. The van der Waals surface area contributed by atoms with Crippen LogP contribution in [0.1, 0.15) is 5.56 Å². The van der Waals surface area contributed by atoms with Crippen LogP contribution in [0.25, 0.3) is 0 Å². The molecule has 4 nitrogen and oxygen atoms in total. The first-order valence-electron chi connectivity index (χ1n) is 5.24. The van der Waals surface area contributed by atoms with Gasteiger partial charge >= 0.3 is 0 Å². The molecule has 0 radical (unpaired) electrons. The highest BCUT2D eigenvalue weighted by Crippen LogP contribution is 2.27. The SMILES string of the molecule is CNc1cncc(Oc2cccc(F)c2C#N)c1. The Balaban J connectivity index is 2.34. The molecule has 18 heavy (non-hydrogen) atoms. The summed E-state index contributed by atoms with van der Waals surface area (Å²) in [7, 11) is 1.75. The average molecular weight is 243 g/mol. The minimum absolute atomic E-state index is 0.118. The van der Waals surface area contributed by atoms with Crippen LogP contribution in [-0.2, 0) is 0 Å². The number of nitriles is 1. The summed E-state index contributed by atoms with van der Waals surface area (Å²) in [5.74, 6) is 0.00392. The lowest BCUT2D eigenvalue weighted by Gasteiger charge is -2.08. The molecule has 2 rings (SSSR count). The molecule has 0 saturated carbocycles. The molecule has 0 atom stereocenters. The van der Waals surface area contributed by atoms with Crippen molar-refractivity contribution >= 4 is 5.69 Å². The predicted molar refractivity (Wildman–Crippen MR) is 65.0 cm³/mol. The van der Waals surface area contributed by atoms with Gasteiger partial charge in [0.2, 0.25) is 0 Å². The van der Waals surface area contributed by atoms with Crippen molar-refractivity contribution in [3.63, 3.8) is 0 Å². The summed E-state index contributed by atoms with van der Waals surface area (Å²) >= 11 is 0. The van der Waals surface area contributed by atoms with Crippen LogP contribution in [-0.4, -0.2) is 12.0 Å². The fourth-order valence-electron chi connectivity index (χ4n) is 1.44. The van der Waals surface area contributed by atoms with E-state index in [0.717, 1.165) is 5.69 Å². The molecule has 1 heterocycles. The quantitative estimate of drug-likeness (QED) is 0.900. The summed E-state index contributed by atoms with van der Waals surface area (Å²) in [5.41, 5.74) is 0.648. The van der Waals surface area contributed by atoms with Crippen molar-refractivity contribution in [1.29, 1.82) is 5.26 Å². The van der Waals surface area contributed by atoms with Gasteiger partial charge in [-0.1, -0.05) is 6.07 Å². The Morgan fingerprint density at radius 1 is 1.39 bits per heavy atom. The Kier molecular flexibility index (Phi) is 3.39. The van der Waals surface area contributed by atoms with E-state index >= 15 is 0 Å². The molecule has 1 N–H and O–H groups in total. The number of ether oxygens (including phenoxy) is 1. The van der Waals surface area contributed by atoms with Crippen molar-refractivity contribution < 1.29 is 9.13 Å². The smallest absolute Gasteiger partial charge is 0.148 e. The van der Waals surface area contributed by atoms with Gasteiger partial charge in [0.05, 0.1) is 18.1 Å². The third-order valence-corrected chi connectivity index (χ3v) is 2.32. The van der Waals surface area contributed by atoms with E-state index in [1.54, 1.807) is 25.4 Å². The summed E-state index contributed by atoms with van der Waals surface area (Å²) in [4.78, 5) is 3.97. The van der Waals surface area contributed by atoms with Crippen molar-refractivity contribution in [3.05, 3.63) is 48.0 Å². The van der Waals surface area contributed by atoms with E-state index in [1.807, 2.05) is 0 Å². The Hall–Kier alpha value is -2.61. The van der Waals surface area contributed by atoms with Gasteiger partial charge in [-0.3, -0.25) is 4.98 Å². The van der Waals surface area contributed by atoms with Crippen LogP contribution >= 0.6 is 0 Å². The number of aromatic nitrogens is 1. The van der Waals surface area contributed by atoms with Gasteiger partial charge in [0.25, 0.3) is 0 Å². The van der Waals surface area contributed by atoms with Gasteiger partial charge in [0.15, 0.2) is 0 Å². The third-order valence-electron chi connectivity index (χ3n) is 2.32. The molecule has 1 aromatic heterocycles. The summed E-state index contributed by atoms with van der Waals surface area (Å²) in [5, 5.41) is 11.8. The van der Waals surface area contributed by atoms with Crippen molar-refractivity contribution in [1.82, 2.24) is 4.98 Å². The molecule has 90 valence electrons. The zero-order chi connectivity index (χ0) is 13.0. The minimum atomic E-state index is -0.604. The Bertz CT molecular complexity index is 607. The van der Waals surface area contributed by atoms with Crippen molar-refractivity contribution in [3.8, 4) is 17.6 Å². The zero-order valence-corrected chi connectivity index (χ0v) is 9.64. The Morgan fingerprint density at radius 3 is 2.94 bits per heavy atom. The summed E-state index contributed by atoms with van der Waals surface area (Å²) < 4.78 is 18.8. The maximum Gasteiger partial charge on any atom is 0.148 e. The van der Waals surface area contributed by atoms with Gasteiger partial charge in [-0.15, -0.1) is 0 Å². The highest BCUT2D eigenvalue weighted by Gasteiger charge is 2.10. The maximum atomic E-state index is 13.4. The molecule has 0 fully saturated rings. The van der Waals surface area contributed by atoms with Crippen LogP contribution in [0.5, 0.6) is 11.5 Å². The first-order chi connectivity index (χ1) is 8.74. The first kappa shape index (κ1) is 11.9. The van der Waals surface area contributed by atoms with E-state index in [0.29, 0.717) is 5.75 Å². The predicted octanol–water partition coefficient (Wildman–Crippen LogP) is 2.93. The number of hydrogen-bond acceptors (Lipinski definition) is 4. The van der Waals surface area contributed by atoms with E-state index in [-0.39, 0.29) is 11.3 Å². The molecule has 0 aliphatic heterocycles. The van der Waals surface area contributed by atoms with Crippen LogP contribution in [0.2, 0.25) is 0 Å². The second-order valence-corrected chi connectivity index (χ2v) is 3.49. The van der Waals surface area contributed by atoms with E-state index < -0.39 is 5.82 Å². The number of hydrogen-bond donors (Lipinski definition) is 1. The number of rotatable bonds is 3. The molecule has 2 aromatic rings. The fraction of sp³-hybridized carbons (Fsp3) is 0.0769. The third kappa shape index (κ3) is 2.38. The monoisotopic (exact) mass is 243 g/mol. The van der Waals surface area contributed by atoms with Gasteiger partial charge in [-0.05, 0) is 12.1 Å². The van der Waals surface area contributed by atoms with Crippen LogP contribution in [0, 0.1) is 17.1 Å². The van der Waals surface area contributed by atoms with Gasteiger partial charge in [0.1, 0.15) is 28.9 Å². The highest BCUT2D eigenvalue weighted by atomic mass is 19.1. The molecule has 0 aliphatic rings. The average Bonchev–Trinajstić information content (AvgIpc) is 2.39. The number of nitrogens with one attached hydrogen (secondary N) is 1. The van der Waals surface area contributed by atoms with Crippen LogP contribution in [0.4, 0.5) is 10.1 Å². The molecule has 1 aromatic carbocycles. The molecule has 0 bridgehead atoms. The summed E-state index contributed by atoms with van der Waals surface area (Å²) in [6.45, 7) is 0. The van der Waals surface area contributed by atoms with Crippen LogP contribution < -0.4 is 10.1 Å². The maximum absolute atomic E-state index is 13.4. The number of pyridine rings is 1. The van der Waals surface area contributed by atoms with Crippen LogP contribution in [0.15, 0.2) is 36.7 Å². The number of benzene rings is 1. The topological polar surface area (TPSA) is 57.9 Å². The summed E-state index contributed by atoms with van der Waals surface area (Å²) in [6, 6.07) is 7.72. The molecular weight excluding hydrogens is 233 g/mol. The summed E-state index contributed by atoms with van der Waals surface area (Å²) in [6.07, 6.45) is 3.12. The highest BCUT2D eigenvalue weighted by molar-refractivity contribution is 5.49. The van der Waals surface area contributed by atoms with Gasteiger partial charge in [-0.25, -0.2) is 4.39 Å². The van der Waals surface area contributed by atoms with Crippen molar-refractivity contribution in [2.24, 2.45) is 0 Å². The van der Waals surface area contributed by atoms with E-state index in [2.05, 4.69) is 10.3 Å². The van der Waals surface area contributed by atoms with Gasteiger partial charge < -0.3 is 10.1 Å². The molecular formula is C13H10FN3O. The Labute approximate surface area is 104 Å². The fourth-order valence-corrected chi connectivity index (χ4v) is 1.44. The number of anilines is 1. The first-order valence-corrected chi connectivity index (χ1v) is 5.24. The van der Waals surface area contributed by atoms with Gasteiger partial charge in [-0.2, -0.15) is 5.26 Å².